The number of hydrogen-bond donors (Lipinski definition) is 2. The van der Waals surface area contributed by atoms with Crippen LogP contribution in [-0.4, -0.2) is 29.6 Å². The summed E-state index contributed by atoms with van der Waals surface area (Å²) >= 11 is 3.38. The molecule has 5 nitrogen and oxygen atoms in total. The van der Waals surface area contributed by atoms with Crippen molar-refractivity contribution in [1.29, 1.82) is 0 Å². The number of carbonyl (C=O) groups is 2. The summed E-state index contributed by atoms with van der Waals surface area (Å²) in [6.45, 7) is 6.73. The van der Waals surface area contributed by atoms with Gasteiger partial charge in [0.2, 0.25) is 0 Å². The van der Waals surface area contributed by atoms with E-state index in [9.17, 15) is 9.59 Å². The van der Waals surface area contributed by atoms with Crippen molar-refractivity contribution >= 4 is 27.8 Å². The number of carboxylic acid groups (broad SMARTS) is 1. The molecule has 0 aromatic heterocycles. The van der Waals surface area contributed by atoms with Gasteiger partial charge in [-0.3, -0.25) is 9.59 Å². The molecule has 1 rings (SSSR count). The lowest BCUT2D eigenvalue weighted by Gasteiger charge is -2.21. The lowest BCUT2D eigenvalue weighted by Crippen LogP contribution is -2.43. The van der Waals surface area contributed by atoms with Crippen LogP contribution >= 0.6 is 15.9 Å². The fourth-order valence-electron chi connectivity index (χ4n) is 1.47. The van der Waals surface area contributed by atoms with E-state index in [4.69, 9.17) is 9.84 Å². The smallest absolute Gasteiger partial charge is 0.310 e. The van der Waals surface area contributed by atoms with Crippen LogP contribution in [0.2, 0.25) is 0 Å². The van der Waals surface area contributed by atoms with Gasteiger partial charge in [0.05, 0.1) is 9.89 Å². The van der Waals surface area contributed by atoms with E-state index in [0.717, 1.165) is 10.0 Å². The van der Waals surface area contributed by atoms with Gasteiger partial charge in [-0.2, -0.15) is 0 Å². The molecular weight excluding hydrogens is 338 g/mol. The molecule has 21 heavy (non-hydrogen) atoms. The average molecular weight is 358 g/mol. The highest BCUT2D eigenvalue weighted by molar-refractivity contribution is 9.10. The van der Waals surface area contributed by atoms with Crippen LogP contribution in [0.1, 0.15) is 26.3 Å². The molecule has 2 N–H and O–H groups in total. The first-order chi connectivity index (χ1) is 9.63. The minimum Gasteiger partial charge on any atom is -0.481 e. The van der Waals surface area contributed by atoms with E-state index in [1.165, 1.54) is 0 Å². The number of benzene rings is 1. The standard InChI is InChI=1S/C15H20BrNO4/c1-9-5-6-12(11(16)7-9)21-10(2)13(18)17-8-15(3,4)14(19)20/h5-7,10H,8H2,1-4H3,(H,17,18)(H,19,20). The van der Waals surface area contributed by atoms with Crippen molar-refractivity contribution in [1.82, 2.24) is 5.32 Å². The number of carbonyl (C=O) groups excluding carboxylic acids is 1. The fraction of sp³-hybridized carbons (Fsp3) is 0.467. The number of aliphatic carboxylic acids is 1. The number of rotatable bonds is 6. The Morgan fingerprint density at radius 2 is 2.05 bits per heavy atom. The van der Waals surface area contributed by atoms with Gasteiger partial charge in [0, 0.05) is 6.54 Å². The molecule has 0 aliphatic carbocycles. The number of hydrogen-bond acceptors (Lipinski definition) is 3. The van der Waals surface area contributed by atoms with Crippen molar-refractivity contribution in [3.8, 4) is 5.75 Å². The second kappa shape index (κ2) is 6.93. The molecule has 0 aliphatic heterocycles. The summed E-state index contributed by atoms with van der Waals surface area (Å²) < 4.78 is 6.35. The monoisotopic (exact) mass is 357 g/mol. The molecule has 0 saturated carbocycles. The Hall–Kier alpha value is -1.56. The molecule has 0 bridgehead atoms. The molecule has 1 atom stereocenters. The van der Waals surface area contributed by atoms with Crippen molar-refractivity contribution in [2.24, 2.45) is 5.41 Å². The molecule has 6 heteroatoms. The van der Waals surface area contributed by atoms with Gasteiger partial charge in [0.25, 0.3) is 5.91 Å². The maximum absolute atomic E-state index is 12.0. The zero-order chi connectivity index (χ0) is 16.2. The van der Waals surface area contributed by atoms with Crippen LogP contribution < -0.4 is 10.1 Å². The lowest BCUT2D eigenvalue weighted by atomic mass is 9.94. The number of amides is 1. The molecule has 1 unspecified atom stereocenters. The van der Waals surface area contributed by atoms with Gasteiger partial charge in [-0.15, -0.1) is 0 Å². The van der Waals surface area contributed by atoms with E-state index in [2.05, 4.69) is 21.2 Å². The summed E-state index contributed by atoms with van der Waals surface area (Å²) in [5.41, 5.74) is 0.0642. The van der Waals surface area contributed by atoms with Crippen LogP contribution in [0.5, 0.6) is 5.75 Å². The molecule has 0 spiro atoms. The molecule has 116 valence electrons. The summed E-state index contributed by atoms with van der Waals surface area (Å²) in [5.74, 6) is -0.741. The second-order valence-electron chi connectivity index (χ2n) is 5.60. The van der Waals surface area contributed by atoms with Crippen LogP contribution in [0.4, 0.5) is 0 Å². The van der Waals surface area contributed by atoms with Gasteiger partial charge in [-0.25, -0.2) is 0 Å². The molecule has 1 aromatic rings. The zero-order valence-electron chi connectivity index (χ0n) is 12.6. The molecule has 0 heterocycles. The van der Waals surface area contributed by atoms with Crippen molar-refractivity contribution in [2.45, 2.75) is 33.8 Å². The van der Waals surface area contributed by atoms with E-state index < -0.39 is 17.5 Å². The Bertz CT molecular complexity index is 542. The van der Waals surface area contributed by atoms with Crippen LogP contribution in [0, 0.1) is 12.3 Å². The Morgan fingerprint density at radius 1 is 1.43 bits per heavy atom. The van der Waals surface area contributed by atoms with Crippen molar-refractivity contribution in [3.05, 3.63) is 28.2 Å². The molecule has 0 radical (unpaired) electrons. The SMILES string of the molecule is Cc1ccc(OC(C)C(=O)NCC(C)(C)C(=O)O)c(Br)c1. The van der Waals surface area contributed by atoms with Crippen LogP contribution in [0.15, 0.2) is 22.7 Å². The predicted octanol–water partition coefficient (Wildman–Crippen LogP) is 2.75. The average Bonchev–Trinajstić information content (AvgIpc) is 2.39. The first-order valence-electron chi connectivity index (χ1n) is 6.57. The Balaban J connectivity index is 2.61. The van der Waals surface area contributed by atoms with E-state index in [-0.39, 0.29) is 12.5 Å². The van der Waals surface area contributed by atoms with E-state index in [1.807, 2.05) is 19.1 Å². The predicted molar refractivity (Wildman–Crippen MR) is 83.4 cm³/mol. The van der Waals surface area contributed by atoms with Crippen molar-refractivity contribution < 1.29 is 19.4 Å². The largest absolute Gasteiger partial charge is 0.481 e. The summed E-state index contributed by atoms with van der Waals surface area (Å²) in [5, 5.41) is 11.6. The molecule has 0 saturated heterocycles. The van der Waals surface area contributed by atoms with Gasteiger partial charge in [0.1, 0.15) is 5.75 Å². The number of carboxylic acids is 1. The summed E-state index contributed by atoms with van der Waals surface area (Å²) in [4.78, 5) is 22.9. The molecule has 1 aromatic carbocycles. The van der Waals surface area contributed by atoms with Crippen molar-refractivity contribution in [2.75, 3.05) is 6.54 Å². The number of halogens is 1. The Morgan fingerprint density at radius 3 is 2.57 bits per heavy atom. The minimum atomic E-state index is -1.01. The quantitative estimate of drug-likeness (QED) is 0.820. The molecular formula is C15H20BrNO4. The van der Waals surface area contributed by atoms with Gasteiger partial charge < -0.3 is 15.2 Å². The van der Waals surface area contributed by atoms with Gasteiger partial charge in [0.15, 0.2) is 6.10 Å². The fourth-order valence-corrected chi connectivity index (χ4v) is 2.06. The number of aryl methyl sites for hydroxylation is 1. The third kappa shape index (κ3) is 5.04. The van der Waals surface area contributed by atoms with Crippen LogP contribution in [0.25, 0.3) is 0 Å². The Kier molecular flexibility index (Phi) is 5.78. The van der Waals surface area contributed by atoms with Gasteiger partial charge in [-0.05, 0) is 61.3 Å². The minimum absolute atomic E-state index is 0.0456. The Labute approximate surface area is 132 Å². The third-order valence-corrected chi connectivity index (χ3v) is 3.66. The molecule has 1 amide bonds. The first-order valence-corrected chi connectivity index (χ1v) is 7.36. The van der Waals surface area contributed by atoms with E-state index in [0.29, 0.717) is 5.75 Å². The first kappa shape index (κ1) is 17.5. The third-order valence-electron chi connectivity index (χ3n) is 3.04. The second-order valence-corrected chi connectivity index (χ2v) is 6.46. The van der Waals surface area contributed by atoms with E-state index in [1.54, 1.807) is 26.8 Å². The van der Waals surface area contributed by atoms with Crippen molar-refractivity contribution in [3.63, 3.8) is 0 Å². The topological polar surface area (TPSA) is 75.6 Å². The normalized spacial score (nSPS) is 12.6. The lowest BCUT2D eigenvalue weighted by molar-refractivity contribution is -0.147. The van der Waals surface area contributed by atoms with Gasteiger partial charge >= 0.3 is 5.97 Å². The highest BCUT2D eigenvalue weighted by atomic mass is 79.9. The molecule has 0 aliphatic rings. The maximum Gasteiger partial charge on any atom is 0.310 e. The van der Waals surface area contributed by atoms with Crippen LogP contribution in [0.3, 0.4) is 0 Å². The summed E-state index contributed by atoms with van der Waals surface area (Å²) in [7, 11) is 0. The number of ether oxygens (including phenoxy) is 1. The number of nitrogens with one attached hydrogen (secondary N) is 1. The highest BCUT2D eigenvalue weighted by Gasteiger charge is 2.28. The maximum atomic E-state index is 12.0. The molecule has 0 fully saturated rings. The van der Waals surface area contributed by atoms with Crippen LogP contribution in [-0.2, 0) is 9.59 Å². The van der Waals surface area contributed by atoms with Gasteiger partial charge in [-0.1, -0.05) is 6.07 Å². The summed E-state index contributed by atoms with van der Waals surface area (Å²) in [6, 6.07) is 5.57. The summed E-state index contributed by atoms with van der Waals surface area (Å²) in [6.07, 6.45) is -0.714. The zero-order valence-corrected chi connectivity index (χ0v) is 14.2. The highest BCUT2D eigenvalue weighted by Crippen LogP contribution is 2.26. The van der Waals surface area contributed by atoms with E-state index >= 15 is 0 Å².